The summed E-state index contributed by atoms with van der Waals surface area (Å²) in [5, 5.41) is 2.93. The molecule has 3 rings (SSSR count). The minimum atomic E-state index is -0.401. The van der Waals surface area contributed by atoms with Gasteiger partial charge in [-0.3, -0.25) is 14.7 Å². The van der Waals surface area contributed by atoms with Crippen LogP contribution >= 0.6 is 0 Å². The van der Waals surface area contributed by atoms with Crippen molar-refractivity contribution in [3.05, 3.63) is 47.7 Å². The SMILES string of the molecule is COC[C@@H](C)NC(=O)c1cc(-c2ccc(C)cn2)cc(N2C(=O)OCC2C(C)C)c1. The van der Waals surface area contributed by atoms with Crippen molar-refractivity contribution < 1.29 is 19.1 Å². The van der Waals surface area contributed by atoms with E-state index in [1.807, 2.05) is 45.9 Å². The minimum Gasteiger partial charge on any atom is -0.447 e. The number of cyclic esters (lactones) is 1. The predicted octanol–water partition coefficient (Wildman–Crippen LogP) is 3.80. The second kappa shape index (κ2) is 9.26. The lowest BCUT2D eigenvalue weighted by Crippen LogP contribution is -2.38. The number of amides is 2. The number of methoxy groups -OCH3 is 1. The zero-order chi connectivity index (χ0) is 21.8. The number of anilines is 1. The van der Waals surface area contributed by atoms with Gasteiger partial charge in [0.15, 0.2) is 0 Å². The van der Waals surface area contributed by atoms with Crippen LogP contribution in [0.2, 0.25) is 0 Å². The van der Waals surface area contributed by atoms with Gasteiger partial charge in [0.25, 0.3) is 5.91 Å². The van der Waals surface area contributed by atoms with Crippen molar-refractivity contribution in [2.24, 2.45) is 5.92 Å². The van der Waals surface area contributed by atoms with E-state index in [1.54, 1.807) is 30.3 Å². The first kappa shape index (κ1) is 21.8. The molecule has 2 aromatic rings. The lowest BCUT2D eigenvalue weighted by Gasteiger charge is -2.25. The molecule has 1 aliphatic rings. The van der Waals surface area contributed by atoms with Crippen LogP contribution in [0.15, 0.2) is 36.5 Å². The Bertz CT molecular complexity index is 911. The molecule has 1 unspecified atom stereocenters. The molecule has 7 nitrogen and oxygen atoms in total. The van der Waals surface area contributed by atoms with Crippen molar-refractivity contribution in [2.45, 2.75) is 39.8 Å². The predicted molar refractivity (Wildman–Crippen MR) is 116 cm³/mol. The van der Waals surface area contributed by atoms with E-state index in [-0.39, 0.29) is 23.9 Å². The van der Waals surface area contributed by atoms with Gasteiger partial charge >= 0.3 is 6.09 Å². The van der Waals surface area contributed by atoms with Crippen molar-refractivity contribution in [1.82, 2.24) is 10.3 Å². The molecule has 1 aliphatic heterocycles. The van der Waals surface area contributed by atoms with Gasteiger partial charge < -0.3 is 14.8 Å². The van der Waals surface area contributed by atoms with Crippen LogP contribution in [0.25, 0.3) is 11.3 Å². The normalized spacial score (nSPS) is 17.2. The monoisotopic (exact) mass is 411 g/mol. The zero-order valence-corrected chi connectivity index (χ0v) is 18.1. The number of nitrogens with zero attached hydrogens (tertiary/aromatic N) is 2. The maximum absolute atomic E-state index is 12.9. The van der Waals surface area contributed by atoms with Gasteiger partial charge in [-0.2, -0.15) is 0 Å². The molecule has 30 heavy (non-hydrogen) atoms. The van der Waals surface area contributed by atoms with E-state index in [1.165, 1.54) is 0 Å². The molecule has 2 amide bonds. The molecule has 1 aromatic carbocycles. The molecule has 0 aliphatic carbocycles. The van der Waals surface area contributed by atoms with Crippen LogP contribution in [-0.2, 0) is 9.47 Å². The Kier molecular flexibility index (Phi) is 6.72. The van der Waals surface area contributed by atoms with Crippen LogP contribution in [0, 0.1) is 12.8 Å². The third kappa shape index (κ3) is 4.79. The maximum atomic E-state index is 12.9. The summed E-state index contributed by atoms with van der Waals surface area (Å²) >= 11 is 0. The van der Waals surface area contributed by atoms with Gasteiger partial charge in [0.1, 0.15) is 6.61 Å². The molecule has 160 valence electrons. The van der Waals surface area contributed by atoms with Gasteiger partial charge in [-0.25, -0.2) is 4.79 Å². The standard InChI is InChI=1S/C23H29N3O4/c1-14(2)21-13-30-23(28)26(21)19-9-17(20-7-6-15(3)11-24-20)8-18(10-19)22(27)25-16(4)12-29-5/h6-11,14,16,21H,12-13H2,1-5H3,(H,25,27)/t16-,21?/m1/s1. The topological polar surface area (TPSA) is 80.8 Å². The Hall–Kier alpha value is -2.93. The molecule has 1 aromatic heterocycles. The summed E-state index contributed by atoms with van der Waals surface area (Å²) in [5.74, 6) is -0.0277. The molecule has 0 radical (unpaired) electrons. The van der Waals surface area contributed by atoms with E-state index < -0.39 is 6.09 Å². The highest BCUT2D eigenvalue weighted by Crippen LogP contribution is 2.32. The van der Waals surface area contributed by atoms with Crippen LogP contribution < -0.4 is 10.2 Å². The third-order valence-electron chi connectivity index (χ3n) is 5.13. The maximum Gasteiger partial charge on any atom is 0.414 e. The van der Waals surface area contributed by atoms with Crippen molar-refractivity contribution in [3.8, 4) is 11.3 Å². The zero-order valence-electron chi connectivity index (χ0n) is 18.1. The average molecular weight is 412 g/mol. The molecule has 2 atom stereocenters. The second-order valence-corrected chi connectivity index (χ2v) is 8.08. The third-order valence-corrected chi connectivity index (χ3v) is 5.13. The molecule has 0 saturated carbocycles. The molecule has 1 fully saturated rings. The summed E-state index contributed by atoms with van der Waals surface area (Å²) in [6.45, 7) is 8.68. The van der Waals surface area contributed by atoms with Gasteiger partial charge in [-0.1, -0.05) is 19.9 Å². The highest BCUT2D eigenvalue weighted by Gasteiger charge is 2.36. The molecule has 1 N–H and O–H groups in total. The number of hydrogen-bond acceptors (Lipinski definition) is 5. The molecule has 2 heterocycles. The van der Waals surface area contributed by atoms with Crippen molar-refractivity contribution in [1.29, 1.82) is 0 Å². The summed E-state index contributed by atoms with van der Waals surface area (Å²) in [6.07, 6.45) is 1.38. The Morgan fingerprint density at radius 3 is 2.70 bits per heavy atom. The quantitative estimate of drug-likeness (QED) is 0.749. The van der Waals surface area contributed by atoms with Crippen LogP contribution in [0.5, 0.6) is 0 Å². The highest BCUT2D eigenvalue weighted by atomic mass is 16.6. The Labute approximate surface area is 177 Å². The van der Waals surface area contributed by atoms with Gasteiger partial charge in [0.2, 0.25) is 0 Å². The first-order chi connectivity index (χ1) is 14.3. The molecule has 7 heteroatoms. The van der Waals surface area contributed by atoms with Gasteiger partial charge in [-0.15, -0.1) is 0 Å². The number of carbonyl (C=O) groups excluding carboxylic acids is 2. The van der Waals surface area contributed by atoms with E-state index >= 15 is 0 Å². The number of aromatic nitrogens is 1. The summed E-state index contributed by atoms with van der Waals surface area (Å²) in [4.78, 5) is 31.5. The Morgan fingerprint density at radius 2 is 2.07 bits per heavy atom. The fraction of sp³-hybridized carbons (Fsp3) is 0.435. The van der Waals surface area contributed by atoms with E-state index in [0.29, 0.717) is 24.5 Å². The lowest BCUT2D eigenvalue weighted by atomic mass is 10.0. The number of aryl methyl sites for hydroxylation is 1. The number of ether oxygens (including phenoxy) is 2. The number of nitrogens with one attached hydrogen (secondary N) is 1. The smallest absolute Gasteiger partial charge is 0.414 e. The summed E-state index contributed by atoms with van der Waals surface area (Å²) < 4.78 is 10.4. The number of pyridine rings is 1. The van der Waals surface area contributed by atoms with Crippen molar-refractivity contribution in [2.75, 3.05) is 25.2 Å². The lowest BCUT2D eigenvalue weighted by molar-refractivity contribution is 0.0905. The van der Waals surface area contributed by atoms with Crippen molar-refractivity contribution in [3.63, 3.8) is 0 Å². The molecule has 0 bridgehead atoms. The first-order valence-electron chi connectivity index (χ1n) is 10.1. The van der Waals surface area contributed by atoms with Gasteiger partial charge in [0.05, 0.1) is 18.3 Å². The van der Waals surface area contributed by atoms with E-state index in [9.17, 15) is 9.59 Å². The second-order valence-electron chi connectivity index (χ2n) is 8.08. The fourth-order valence-electron chi connectivity index (χ4n) is 3.49. The summed E-state index contributed by atoms with van der Waals surface area (Å²) in [6, 6.07) is 9.04. The van der Waals surface area contributed by atoms with Crippen LogP contribution in [-0.4, -0.2) is 49.4 Å². The number of rotatable bonds is 7. The molecular formula is C23H29N3O4. The van der Waals surface area contributed by atoms with E-state index in [4.69, 9.17) is 9.47 Å². The summed E-state index contributed by atoms with van der Waals surface area (Å²) in [7, 11) is 1.59. The number of hydrogen-bond donors (Lipinski definition) is 1. The molecule has 1 saturated heterocycles. The fourth-order valence-corrected chi connectivity index (χ4v) is 3.49. The van der Waals surface area contributed by atoms with E-state index in [2.05, 4.69) is 10.3 Å². The largest absolute Gasteiger partial charge is 0.447 e. The Balaban J connectivity index is 2.05. The minimum absolute atomic E-state index is 0.0953. The number of benzene rings is 1. The van der Waals surface area contributed by atoms with Crippen LogP contribution in [0.3, 0.4) is 0 Å². The first-order valence-corrected chi connectivity index (χ1v) is 10.1. The van der Waals surface area contributed by atoms with Crippen LogP contribution in [0.4, 0.5) is 10.5 Å². The van der Waals surface area contributed by atoms with E-state index in [0.717, 1.165) is 16.8 Å². The highest BCUT2D eigenvalue weighted by molar-refractivity contribution is 5.99. The van der Waals surface area contributed by atoms with Gasteiger partial charge in [-0.05, 0) is 49.6 Å². The van der Waals surface area contributed by atoms with Crippen molar-refractivity contribution >= 4 is 17.7 Å². The molecular weight excluding hydrogens is 382 g/mol. The summed E-state index contributed by atoms with van der Waals surface area (Å²) in [5.41, 5.74) is 3.62. The molecule has 0 spiro atoms. The average Bonchev–Trinajstić information content (AvgIpc) is 3.10. The van der Waals surface area contributed by atoms with Gasteiger partial charge in [0, 0.05) is 36.2 Å². The Morgan fingerprint density at radius 1 is 1.30 bits per heavy atom. The van der Waals surface area contributed by atoms with Crippen LogP contribution in [0.1, 0.15) is 36.7 Å². The number of carbonyl (C=O) groups is 2.